The van der Waals surface area contributed by atoms with E-state index in [1.165, 1.54) is 6.54 Å². The van der Waals surface area contributed by atoms with E-state index in [1.807, 2.05) is 13.0 Å². The standard InChI is InChI=1S/C16H21BrFN4O2S.CH3.U/c1-2-3-6-20-16(23)21-15-12(8-19)14(22-25-15)24-9-10-4-5-11(17)7-13(10)18;;/h4-5,8,11H,2-3,6-7,9,19H2,1H3,(H2,20,21,23);1H3;/q2*-1;+2. The molecule has 6 nitrogen and oxygen atoms in total. The molecule has 1 aliphatic rings. The topological polar surface area (TPSA) is 89.3 Å². The van der Waals surface area contributed by atoms with E-state index < -0.39 is 0 Å². The number of alkyl halides is 1. The summed E-state index contributed by atoms with van der Waals surface area (Å²) in [6.07, 6.45) is 5.76. The number of carbonyl (C=O) groups excluding carboxylic acids is 1. The van der Waals surface area contributed by atoms with Gasteiger partial charge in [-0.2, -0.15) is 0 Å². The maximum Gasteiger partial charge on any atom is 2.00 e. The first kappa shape index (κ1) is 26.5. The van der Waals surface area contributed by atoms with Gasteiger partial charge in [-0.3, -0.25) is 0 Å². The molecule has 4 N–H and O–H groups in total. The second kappa shape index (κ2) is 13.6. The normalized spacial score (nSPS) is 15.5. The molecule has 0 spiro atoms. The van der Waals surface area contributed by atoms with Crippen LogP contribution in [0, 0.1) is 45.1 Å². The second-order valence-corrected chi connectivity index (χ2v) is 7.38. The minimum Gasteiger partial charge on any atom is -0.529 e. The summed E-state index contributed by atoms with van der Waals surface area (Å²) in [5.41, 5.74) is 6.58. The van der Waals surface area contributed by atoms with Gasteiger partial charge in [0.2, 0.25) is 0 Å². The number of hydrogen-bond acceptors (Lipinski definition) is 5. The molecule has 0 aliphatic heterocycles. The molecule has 0 saturated carbocycles. The Labute approximate surface area is 196 Å². The Bertz CT molecular complexity index is 669. The van der Waals surface area contributed by atoms with Gasteiger partial charge in [-0.05, 0) is 6.42 Å². The van der Waals surface area contributed by atoms with Crippen LogP contribution in [0.15, 0.2) is 23.6 Å². The van der Waals surface area contributed by atoms with Crippen molar-refractivity contribution in [2.75, 3.05) is 18.5 Å². The summed E-state index contributed by atoms with van der Waals surface area (Å²) in [7, 11) is 0. The molecular weight excluding hydrogens is 661 g/mol. The van der Waals surface area contributed by atoms with Gasteiger partial charge in [0.25, 0.3) is 0 Å². The minimum atomic E-state index is -0.320. The zero-order chi connectivity index (χ0) is 18.2. The van der Waals surface area contributed by atoms with Crippen LogP contribution >= 0.6 is 27.5 Å². The van der Waals surface area contributed by atoms with Gasteiger partial charge < -0.3 is 28.5 Å². The number of aromatic nitrogens is 1. The summed E-state index contributed by atoms with van der Waals surface area (Å²) in [6, 6.07) is -0.320. The van der Waals surface area contributed by atoms with Crippen LogP contribution in [-0.2, 0) is 0 Å². The molecule has 0 saturated heterocycles. The van der Waals surface area contributed by atoms with Crippen molar-refractivity contribution in [2.24, 2.45) is 5.73 Å². The summed E-state index contributed by atoms with van der Waals surface area (Å²) >= 11 is 4.41. The Balaban J connectivity index is 0.00000338. The number of unbranched alkanes of at least 4 members (excludes halogenated alkanes) is 1. The smallest absolute Gasteiger partial charge is 0.529 e. The molecule has 1 atom stereocenters. The molecule has 1 aromatic rings. The monoisotopic (exact) mass is 684 g/mol. The number of amides is 2. The van der Waals surface area contributed by atoms with Gasteiger partial charge >= 0.3 is 37.1 Å². The zero-order valence-corrected chi connectivity index (χ0v) is 21.9. The molecule has 2 rings (SSSR count). The van der Waals surface area contributed by atoms with E-state index in [1.54, 1.807) is 6.08 Å². The van der Waals surface area contributed by atoms with E-state index in [-0.39, 0.29) is 67.7 Å². The van der Waals surface area contributed by atoms with Crippen LogP contribution < -0.4 is 21.1 Å². The van der Waals surface area contributed by atoms with Gasteiger partial charge in [0.15, 0.2) is 0 Å². The van der Waals surface area contributed by atoms with Crippen molar-refractivity contribution in [2.45, 2.75) is 31.0 Å². The SMILES string of the molecule is CCCCNC(=O)Nc1snc(OCC2=C(F)CC(Br)C=C2)c1[CH-]N.[CH3-].[U+2]. The van der Waals surface area contributed by atoms with E-state index in [2.05, 4.69) is 30.9 Å². The van der Waals surface area contributed by atoms with Crippen molar-refractivity contribution in [3.8, 4) is 5.88 Å². The third-order valence-electron chi connectivity index (χ3n) is 3.50. The largest absolute Gasteiger partial charge is 2.00 e. The van der Waals surface area contributed by atoms with Crippen LogP contribution in [0.5, 0.6) is 5.88 Å². The molecule has 1 unspecified atom stereocenters. The number of hydrogen-bond donors (Lipinski definition) is 3. The van der Waals surface area contributed by atoms with Gasteiger partial charge in [0, 0.05) is 28.4 Å². The van der Waals surface area contributed by atoms with Crippen LogP contribution in [0.4, 0.5) is 14.2 Å². The van der Waals surface area contributed by atoms with Crippen molar-refractivity contribution >= 4 is 38.5 Å². The number of nitrogens with two attached hydrogens (primary N) is 1. The zero-order valence-electron chi connectivity index (χ0n) is 15.4. The molecular formula is C17H24BrFN4O2SU. The van der Waals surface area contributed by atoms with E-state index in [0.717, 1.165) is 24.4 Å². The van der Waals surface area contributed by atoms with Gasteiger partial charge in [-0.1, -0.05) is 58.5 Å². The van der Waals surface area contributed by atoms with E-state index in [4.69, 9.17) is 10.5 Å². The number of urea groups is 1. The summed E-state index contributed by atoms with van der Waals surface area (Å²) in [5.74, 6) is 0.0533. The number of anilines is 1. The number of ether oxygens (including phenoxy) is 1. The summed E-state index contributed by atoms with van der Waals surface area (Å²) in [4.78, 5) is 11.8. The first-order chi connectivity index (χ1) is 12.0. The molecule has 2 amide bonds. The van der Waals surface area contributed by atoms with Crippen LogP contribution in [0.3, 0.4) is 0 Å². The third-order valence-corrected chi connectivity index (χ3v) is 4.89. The van der Waals surface area contributed by atoms with Crippen LogP contribution in [0.2, 0.25) is 0 Å². The Morgan fingerprint density at radius 1 is 1.59 bits per heavy atom. The fourth-order valence-electron chi connectivity index (χ4n) is 2.10. The molecule has 1 aromatic heterocycles. The number of nitrogens with zero attached hydrogens (tertiary/aromatic N) is 1. The van der Waals surface area contributed by atoms with Crippen molar-refractivity contribution in [1.82, 2.24) is 9.69 Å². The summed E-state index contributed by atoms with van der Waals surface area (Å²) < 4.78 is 23.6. The summed E-state index contributed by atoms with van der Waals surface area (Å²) in [6.45, 7) is 4.01. The van der Waals surface area contributed by atoms with E-state index in [0.29, 0.717) is 29.1 Å². The quantitative estimate of drug-likeness (QED) is 0.217. The van der Waals surface area contributed by atoms with Crippen LogP contribution in [-0.4, -0.2) is 28.4 Å². The molecule has 1 aliphatic carbocycles. The average Bonchev–Trinajstić information content (AvgIpc) is 2.96. The maximum absolute atomic E-state index is 13.9. The Hall–Kier alpha value is -0.528. The Morgan fingerprint density at radius 3 is 2.96 bits per heavy atom. The van der Waals surface area contributed by atoms with Crippen LogP contribution in [0.1, 0.15) is 31.7 Å². The summed E-state index contributed by atoms with van der Waals surface area (Å²) in [5, 5.41) is 5.94. The number of rotatable bonds is 8. The first-order valence-electron chi connectivity index (χ1n) is 7.97. The molecule has 10 heteroatoms. The van der Waals surface area contributed by atoms with Gasteiger partial charge in [0.05, 0.1) is 0 Å². The predicted octanol–water partition coefficient (Wildman–Crippen LogP) is 4.31. The molecule has 1 heterocycles. The molecule has 0 aromatic carbocycles. The average molecular weight is 685 g/mol. The third kappa shape index (κ3) is 8.16. The molecule has 0 radical (unpaired) electrons. The fourth-order valence-corrected chi connectivity index (χ4v) is 3.26. The predicted molar refractivity (Wildman–Crippen MR) is 108 cm³/mol. The number of carbonyl (C=O) groups is 1. The van der Waals surface area contributed by atoms with Gasteiger partial charge in [0.1, 0.15) is 18.3 Å². The molecule has 0 bridgehead atoms. The van der Waals surface area contributed by atoms with Gasteiger partial charge in [-0.15, -0.1) is 6.54 Å². The maximum atomic E-state index is 13.9. The van der Waals surface area contributed by atoms with Gasteiger partial charge in [-0.25, -0.2) is 13.6 Å². The fraction of sp³-hybridized carbons (Fsp3) is 0.412. The number of halogens is 2. The van der Waals surface area contributed by atoms with Crippen molar-refractivity contribution in [3.63, 3.8) is 0 Å². The molecule has 27 heavy (non-hydrogen) atoms. The van der Waals surface area contributed by atoms with Crippen LogP contribution in [0.25, 0.3) is 0 Å². The van der Waals surface area contributed by atoms with E-state index in [9.17, 15) is 9.18 Å². The Morgan fingerprint density at radius 2 is 2.33 bits per heavy atom. The second-order valence-electron chi connectivity index (χ2n) is 5.43. The molecule has 0 fully saturated rings. The molecule has 148 valence electrons. The Kier molecular flexibility index (Phi) is 13.3. The van der Waals surface area contributed by atoms with Crippen molar-refractivity contribution in [1.29, 1.82) is 0 Å². The number of allylic oxidation sites excluding steroid dienone is 2. The van der Waals surface area contributed by atoms with Crippen molar-refractivity contribution in [3.05, 3.63) is 43.1 Å². The first-order valence-corrected chi connectivity index (χ1v) is 9.66. The van der Waals surface area contributed by atoms with E-state index >= 15 is 0 Å². The van der Waals surface area contributed by atoms with Crippen molar-refractivity contribution < 1.29 is 45.0 Å². The number of nitrogens with one attached hydrogen (secondary N) is 2. The minimum absolute atomic E-state index is 0.